The SMILES string of the molecule is CCCC(=O)Nc1nnc(SCc2ccc(C)cc2)s1. The second-order valence-corrected chi connectivity index (χ2v) is 6.65. The molecule has 1 aromatic heterocycles. The number of aryl methyl sites for hydroxylation is 1. The van der Waals surface area contributed by atoms with Crippen LogP contribution in [0.2, 0.25) is 0 Å². The normalized spacial score (nSPS) is 10.5. The minimum Gasteiger partial charge on any atom is -0.301 e. The van der Waals surface area contributed by atoms with Crippen molar-refractivity contribution in [2.75, 3.05) is 5.32 Å². The first-order chi connectivity index (χ1) is 9.67. The summed E-state index contributed by atoms with van der Waals surface area (Å²) in [7, 11) is 0. The van der Waals surface area contributed by atoms with Gasteiger partial charge in [-0.1, -0.05) is 59.9 Å². The third-order valence-corrected chi connectivity index (χ3v) is 4.66. The first kappa shape index (κ1) is 15.0. The van der Waals surface area contributed by atoms with E-state index in [1.54, 1.807) is 11.8 Å². The Kier molecular flexibility index (Phi) is 5.55. The third kappa shape index (κ3) is 4.61. The molecule has 106 valence electrons. The fraction of sp³-hybridized carbons (Fsp3) is 0.357. The molecule has 4 nitrogen and oxygen atoms in total. The van der Waals surface area contributed by atoms with Gasteiger partial charge in [0.2, 0.25) is 11.0 Å². The summed E-state index contributed by atoms with van der Waals surface area (Å²) < 4.78 is 0.873. The monoisotopic (exact) mass is 307 g/mol. The molecule has 0 saturated heterocycles. The van der Waals surface area contributed by atoms with Crippen LogP contribution in [-0.4, -0.2) is 16.1 Å². The fourth-order valence-corrected chi connectivity index (χ4v) is 3.28. The van der Waals surface area contributed by atoms with E-state index in [-0.39, 0.29) is 5.91 Å². The minimum atomic E-state index is -0.00117. The average Bonchev–Trinajstić information content (AvgIpc) is 2.86. The van der Waals surface area contributed by atoms with Crippen LogP contribution in [0.25, 0.3) is 0 Å². The number of aromatic nitrogens is 2. The van der Waals surface area contributed by atoms with Crippen molar-refractivity contribution in [3.63, 3.8) is 0 Å². The summed E-state index contributed by atoms with van der Waals surface area (Å²) in [6.45, 7) is 4.05. The highest BCUT2D eigenvalue weighted by molar-refractivity contribution is 8.00. The van der Waals surface area contributed by atoms with Gasteiger partial charge in [0.1, 0.15) is 0 Å². The van der Waals surface area contributed by atoms with Gasteiger partial charge in [0.25, 0.3) is 0 Å². The Morgan fingerprint density at radius 2 is 2.05 bits per heavy atom. The molecule has 6 heteroatoms. The molecule has 1 amide bonds. The van der Waals surface area contributed by atoms with E-state index >= 15 is 0 Å². The number of anilines is 1. The summed E-state index contributed by atoms with van der Waals surface area (Å²) in [6, 6.07) is 8.44. The van der Waals surface area contributed by atoms with Gasteiger partial charge in [-0.25, -0.2) is 0 Å². The lowest BCUT2D eigenvalue weighted by Crippen LogP contribution is -2.10. The van der Waals surface area contributed by atoms with Gasteiger partial charge in [0.05, 0.1) is 0 Å². The third-order valence-electron chi connectivity index (χ3n) is 2.61. The minimum absolute atomic E-state index is 0.00117. The van der Waals surface area contributed by atoms with E-state index < -0.39 is 0 Å². The second kappa shape index (κ2) is 7.40. The van der Waals surface area contributed by atoms with Gasteiger partial charge >= 0.3 is 0 Å². The molecule has 0 saturated carbocycles. The summed E-state index contributed by atoms with van der Waals surface area (Å²) in [5.74, 6) is 0.858. The van der Waals surface area contributed by atoms with Crippen LogP contribution >= 0.6 is 23.1 Å². The molecular formula is C14H17N3OS2. The number of amides is 1. The highest BCUT2D eigenvalue weighted by Crippen LogP contribution is 2.28. The lowest BCUT2D eigenvalue weighted by molar-refractivity contribution is -0.116. The Morgan fingerprint density at radius 3 is 2.75 bits per heavy atom. The highest BCUT2D eigenvalue weighted by Gasteiger charge is 2.08. The van der Waals surface area contributed by atoms with Crippen LogP contribution in [-0.2, 0) is 10.5 Å². The van der Waals surface area contributed by atoms with Crippen LogP contribution in [0.15, 0.2) is 28.6 Å². The average molecular weight is 307 g/mol. The standard InChI is InChI=1S/C14H17N3OS2/c1-3-4-12(18)15-13-16-17-14(20-13)19-9-11-7-5-10(2)6-8-11/h5-8H,3-4,9H2,1-2H3,(H,15,16,18). The van der Waals surface area contributed by atoms with E-state index in [0.717, 1.165) is 16.5 Å². The lowest BCUT2D eigenvalue weighted by atomic mass is 10.2. The fourth-order valence-electron chi connectivity index (χ4n) is 1.56. The summed E-state index contributed by atoms with van der Waals surface area (Å²) in [5, 5.41) is 11.4. The van der Waals surface area contributed by atoms with Crippen LogP contribution in [0.1, 0.15) is 30.9 Å². The van der Waals surface area contributed by atoms with Gasteiger partial charge in [-0.3, -0.25) is 4.79 Å². The Morgan fingerprint density at radius 1 is 1.30 bits per heavy atom. The molecule has 0 spiro atoms. The molecule has 1 aromatic carbocycles. The van der Waals surface area contributed by atoms with Crippen molar-refractivity contribution < 1.29 is 4.79 Å². The molecule has 20 heavy (non-hydrogen) atoms. The van der Waals surface area contributed by atoms with Crippen molar-refractivity contribution in [2.45, 2.75) is 36.8 Å². The van der Waals surface area contributed by atoms with Gasteiger partial charge < -0.3 is 5.32 Å². The smallest absolute Gasteiger partial charge is 0.226 e. The van der Waals surface area contributed by atoms with Crippen molar-refractivity contribution in [3.05, 3.63) is 35.4 Å². The molecule has 2 aromatic rings. The number of carbonyl (C=O) groups excluding carboxylic acids is 1. The molecule has 0 aliphatic rings. The lowest BCUT2D eigenvalue weighted by Gasteiger charge is -1.99. The Labute approximate surface area is 127 Å². The zero-order chi connectivity index (χ0) is 14.4. The van der Waals surface area contributed by atoms with Gasteiger partial charge in [0, 0.05) is 12.2 Å². The molecular weight excluding hydrogens is 290 g/mol. The van der Waals surface area contributed by atoms with E-state index in [0.29, 0.717) is 11.6 Å². The van der Waals surface area contributed by atoms with Crippen molar-refractivity contribution in [2.24, 2.45) is 0 Å². The Balaban J connectivity index is 1.86. The van der Waals surface area contributed by atoms with E-state index in [1.165, 1.54) is 22.5 Å². The number of hydrogen-bond donors (Lipinski definition) is 1. The molecule has 1 heterocycles. The van der Waals surface area contributed by atoms with Crippen LogP contribution in [0.5, 0.6) is 0 Å². The van der Waals surface area contributed by atoms with Crippen molar-refractivity contribution in [1.82, 2.24) is 10.2 Å². The number of nitrogens with one attached hydrogen (secondary N) is 1. The van der Waals surface area contributed by atoms with Gasteiger partial charge in [-0.15, -0.1) is 10.2 Å². The van der Waals surface area contributed by atoms with Gasteiger partial charge in [0.15, 0.2) is 4.34 Å². The molecule has 0 fully saturated rings. The van der Waals surface area contributed by atoms with E-state index in [1.807, 2.05) is 6.92 Å². The van der Waals surface area contributed by atoms with Crippen LogP contribution in [0.4, 0.5) is 5.13 Å². The maximum atomic E-state index is 11.5. The maximum absolute atomic E-state index is 11.5. The van der Waals surface area contributed by atoms with Crippen LogP contribution in [0, 0.1) is 6.92 Å². The molecule has 0 atom stereocenters. The van der Waals surface area contributed by atoms with Crippen LogP contribution < -0.4 is 5.32 Å². The molecule has 0 aliphatic carbocycles. The van der Waals surface area contributed by atoms with Crippen molar-refractivity contribution in [3.8, 4) is 0 Å². The molecule has 2 rings (SSSR count). The zero-order valence-electron chi connectivity index (χ0n) is 11.5. The first-order valence-corrected chi connectivity index (χ1v) is 8.29. The number of nitrogens with zero attached hydrogens (tertiary/aromatic N) is 2. The summed E-state index contributed by atoms with van der Waals surface area (Å²) in [5.41, 5.74) is 2.52. The predicted molar refractivity (Wildman–Crippen MR) is 84.2 cm³/mol. The van der Waals surface area contributed by atoms with Crippen LogP contribution in [0.3, 0.4) is 0 Å². The summed E-state index contributed by atoms with van der Waals surface area (Å²) in [4.78, 5) is 11.5. The summed E-state index contributed by atoms with van der Waals surface area (Å²) >= 11 is 3.05. The van der Waals surface area contributed by atoms with Gasteiger partial charge in [-0.2, -0.15) is 0 Å². The van der Waals surface area contributed by atoms with Gasteiger partial charge in [-0.05, 0) is 18.9 Å². The number of benzene rings is 1. The molecule has 1 N–H and O–H groups in total. The van der Waals surface area contributed by atoms with Crippen molar-refractivity contribution in [1.29, 1.82) is 0 Å². The quantitative estimate of drug-likeness (QED) is 0.650. The summed E-state index contributed by atoms with van der Waals surface area (Å²) in [6.07, 6.45) is 1.35. The highest BCUT2D eigenvalue weighted by atomic mass is 32.2. The number of hydrogen-bond acceptors (Lipinski definition) is 5. The Hall–Kier alpha value is -1.40. The molecule has 0 radical (unpaired) electrons. The number of carbonyl (C=O) groups is 1. The predicted octanol–water partition coefficient (Wildman–Crippen LogP) is 3.88. The number of thioether (sulfide) groups is 1. The van der Waals surface area contributed by atoms with E-state index in [2.05, 4.69) is 46.7 Å². The van der Waals surface area contributed by atoms with E-state index in [9.17, 15) is 4.79 Å². The van der Waals surface area contributed by atoms with E-state index in [4.69, 9.17) is 0 Å². The topological polar surface area (TPSA) is 54.9 Å². The first-order valence-electron chi connectivity index (χ1n) is 6.49. The maximum Gasteiger partial charge on any atom is 0.226 e. The molecule has 0 aliphatic heterocycles. The zero-order valence-corrected chi connectivity index (χ0v) is 13.2. The number of rotatable bonds is 6. The largest absolute Gasteiger partial charge is 0.301 e. The molecule has 0 bridgehead atoms. The van der Waals surface area contributed by atoms with Crippen molar-refractivity contribution >= 4 is 34.1 Å². The Bertz CT molecular complexity index is 566. The molecule has 0 unspecified atom stereocenters. The second-order valence-electron chi connectivity index (χ2n) is 4.45.